The number of Topliss-reactive ketones (excluding diaryl/α,β-unsaturated/α-hetero) is 1. The molecule has 0 aromatic heterocycles. The summed E-state index contributed by atoms with van der Waals surface area (Å²) in [6.07, 6.45) is 1.65. The van der Waals surface area contributed by atoms with Crippen molar-refractivity contribution in [2.75, 3.05) is 24.6 Å². The third-order valence-corrected chi connectivity index (χ3v) is 5.27. The monoisotopic (exact) mass is 413 g/mol. The largest absolute Gasteiger partial charge is 0.490 e. The molecule has 162 valence electrons. The Morgan fingerprint density at radius 1 is 1.13 bits per heavy atom. The van der Waals surface area contributed by atoms with Crippen LogP contribution in [0, 0.1) is 0 Å². The third kappa shape index (κ3) is 6.48. The van der Waals surface area contributed by atoms with E-state index in [4.69, 9.17) is 9.47 Å². The molecule has 4 nitrogen and oxygen atoms in total. The van der Waals surface area contributed by atoms with Gasteiger partial charge in [-0.15, -0.1) is 0 Å². The summed E-state index contributed by atoms with van der Waals surface area (Å²) in [6.45, 7) is 8.50. The van der Waals surface area contributed by atoms with Crippen LogP contribution in [0.1, 0.15) is 52.0 Å². The summed E-state index contributed by atoms with van der Waals surface area (Å²) in [7, 11) is 0. The highest BCUT2D eigenvalue weighted by molar-refractivity contribution is 5.76. The zero-order valence-electron chi connectivity index (χ0n) is 18.4. The summed E-state index contributed by atoms with van der Waals surface area (Å²) in [5, 5.41) is 0. The van der Waals surface area contributed by atoms with Crippen molar-refractivity contribution in [1.29, 1.82) is 0 Å². The molecule has 3 rings (SSSR count). The van der Waals surface area contributed by atoms with E-state index >= 15 is 0 Å². The predicted octanol–water partition coefficient (Wildman–Crippen LogP) is 5.55. The first kappa shape index (κ1) is 22.1. The van der Waals surface area contributed by atoms with Gasteiger partial charge < -0.3 is 19.2 Å². The van der Waals surface area contributed by atoms with Crippen LogP contribution in [0.5, 0.6) is 11.5 Å². The molecule has 2 aromatic carbocycles. The number of carbonyl (C=O) groups is 1. The van der Waals surface area contributed by atoms with Gasteiger partial charge in [0.25, 0.3) is 0 Å². The number of rotatable bonds is 9. The molecule has 0 amide bonds. The second kappa shape index (κ2) is 9.50. The van der Waals surface area contributed by atoms with Crippen LogP contribution in [0.4, 0.5) is 10.1 Å². The molecule has 30 heavy (non-hydrogen) atoms. The number of carbonyl (C=O) groups excluding carboxylic acids is 1. The van der Waals surface area contributed by atoms with Crippen molar-refractivity contribution in [3.8, 4) is 11.5 Å². The Hall–Kier alpha value is -2.56. The van der Waals surface area contributed by atoms with Gasteiger partial charge >= 0.3 is 0 Å². The van der Waals surface area contributed by atoms with Gasteiger partial charge in [-0.3, -0.25) is 0 Å². The molecule has 1 aliphatic rings. The van der Waals surface area contributed by atoms with Crippen LogP contribution in [0.25, 0.3) is 0 Å². The van der Waals surface area contributed by atoms with E-state index in [-0.39, 0.29) is 24.4 Å². The summed E-state index contributed by atoms with van der Waals surface area (Å²) in [4.78, 5) is 13.6. The van der Waals surface area contributed by atoms with Crippen molar-refractivity contribution in [3.63, 3.8) is 0 Å². The molecule has 5 heteroatoms. The fourth-order valence-corrected chi connectivity index (χ4v) is 3.68. The normalized spacial score (nSPS) is 17.6. The minimum atomic E-state index is -1.35. The standard InChI is InChI=1S/C25H32FNO3/c1-18(15-19(2)28)20-5-9-23(10-6-20)30-24-13-14-27(16-24)21-7-11-22(12-8-21)29-17-25(3,4)26/h5-12,18,24H,13-17H2,1-4H3/t18-,24?/m1/s1. The average Bonchev–Trinajstić information content (AvgIpc) is 3.15. The predicted molar refractivity (Wildman–Crippen MR) is 119 cm³/mol. The van der Waals surface area contributed by atoms with Crippen LogP contribution in [0.2, 0.25) is 0 Å². The lowest BCUT2D eigenvalue weighted by molar-refractivity contribution is -0.117. The van der Waals surface area contributed by atoms with Gasteiger partial charge in [-0.25, -0.2) is 4.39 Å². The quantitative estimate of drug-likeness (QED) is 0.540. The van der Waals surface area contributed by atoms with Crippen molar-refractivity contribution >= 4 is 11.5 Å². The number of benzene rings is 2. The number of hydrogen-bond acceptors (Lipinski definition) is 4. The molecule has 0 radical (unpaired) electrons. The Morgan fingerprint density at radius 3 is 2.37 bits per heavy atom. The van der Waals surface area contributed by atoms with Crippen molar-refractivity contribution < 1.29 is 18.7 Å². The SMILES string of the molecule is CC(=O)C[C@@H](C)c1ccc(OC2CCN(c3ccc(OCC(C)(C)F)cc3)C2)cc1. The molecular weight excluding hydrogens is 381 g/mol. The van der Waals surface area contributed by atoms with Crippen LogP contribution < -0.4 is 14.4 Å². The Labute approximate surface area is 179 Å². The van der Waals surface area contributed by atoms with Crippen LogP contribution in [-0.4, -0.2) is 37.3 Å². The van der Waals surface area contributed by atoms with Crippen molar-refractivity contribution in [3.05, 3.63) is 54.1 Å². The Balaban J connectivity index is 1.51. The summed E-state index contributed by atoms with van der Waals surface area (Å²) in [6, 6.07) is 15.9. The third-order valence-electron chi connectivity index (χ3n) is 5.27. The molecule has 1 heterocycles. The summed E-state index contributed by atoms with van der Waals surface area (Å²) >= 11 is 0. The van der Waals surface area contributed by atoms with Gasteiger partial charge in [0, 0.05) is 25.1 Å². The molecule has 0 N–H and O–H groups in total. The zero-order chi connectivity index (χ0) is 21.7. The number of hydrogen-bond donors (Lipinski definition) is 0. The Bertz CT molecular complexity index is 827. The number of halogens is 1. The van der Waals surface area contributed by atoms with E-state index in [0.29, 0.717) is 12.2 Å². The van der Waals surface area contributed by atoms with Gasteiger partial charge in [0.2, 0.25) is 0 Å². The second-order valence-electron chi connectivity index (χ2n) is 8.85. The van der Waals surface area contributed by atoms with Crippen LogP contribution >= 0.6 is 0 Å². The van der Waals surface area contributed by atoms with Gasteiger partial charge in [0.05, 0.1) is 6.54 Å². The number of anilines is 1. The Morgan fingerprint density at radius 2 is 1.77 bits per heavy atom. The molecule has 2 atom stereocenters. The number of nitrogens with zero attached hydrogens (tertiary/aromatic N) is 1. The van der Waals surface area contributed by atoms with Crippen molar-refractivity contribution in [1.82, 2.24) is 0 Å². The lowest BCUT2D eigenvalue weighted by Crippen LogP contribution is -2.24. The molecule has 1 saturated heterocycles. The smallest absolute Gasteiger partial charge is 0.139 e. The van der Waals surface area contributed by atoms with E-state index in [1.54, 1.807) is 6.92 Å². The van der Waals surface area contributed by atoms with E-state index in [2.05, 4.69) is 11.8 Å². The van der Waals surface area contributed by atoms with Gasteiger partial charge in [-0.2, -0.15) is 0 Å². The zero-order valence-corrected chi connectivity index (χ0v) is 18.4. The van der Waals surface area contributed by atoms with Crippen LogP contribution in [0.3, 0.4) is 0 Å². The van der Waals surface area contributed by atoms with Crippen LogP contribution in [-0.2, 0) is 4.79 Å². The minimum Gasteiger partial charge on any atom is -0.490 e. The molecule has 0 bridgehead atoms. The molecule has 2 aromatic rings. The highest BCUT2D eigenvalue weighted by Gasteiger charge is 2.24. The minimum absolute atomic E-state index is 0.0400. The maximum absolute atomic E-state index is 13.6. The lowest BCUT2D eigenvalue weighted by atomic mass is 9.96. The van der Waals surface area contributed by atoms with E-state index in [9.17, 15) is 9.18 Å². The lowest BCUT2D eigenvalue weighted by Gasteiger charge is -2.20. The van der Waals surface area contributed by atoms with Gasteiger partial charge in [0.1, 0.15) is 35.7 Å². The topological polar surface area (TPSA) is 38.8 Å². The molecular formula is C25H32FNO3. The van der Waals surface area contributed by atoms with E-state index in [0.717, 1.165) is 36.5 Å². The fraction of sp³-hybridized carbons (Fsp3) is 0.480. The summed E-state index contributed by atoms with van der Waals surface area (Å²) in [5.74, 6) is 1.97. The van der Waals surface area contributed by atoms with E-state index in [1.807, 2.05) is 48.5 Å². The first-order chi connectivity index (χ1) is 14.2. The Kier molecular flexibility index (Phi) is 7.01. The fourth-order valence-electron chi connectivity index (χ4n) is 3.68. The van der Waals surface area contributed by atoms with E-state index in [1.165, 1.54) is 13.8 Å². The van der Waals surface area contributed by atoms with E-state index < -0.39 is 5.67 Å². The number of alkyl halides is 1. The first-order valence-electron chi connectivity index (χ1n) is 10.6. The highest BCUT2D eigenvalue weighted by Crippen LogP contribution is 2.27. The second-order valence-corrected chi connectivity index (χ2v) is 8.85. The first-order valence-corrected chi connectivity index (χ1v) is 10.6. The van der Waals surface area contributed by atoms with Gasteiger partial charge in [0.15, 0.2) is 0 Å². The molecule has 1 unspecified atom stereocenters. The molecule has 0 saturated carbocycles. The average molecular weight is 414 g/mol. The number of ketones is 1. The van der Waals surface area contributed by atoms with Crippen molar-refractivity contribution in [2.45, 2.75) is 58.2 Å². The summed E-state index contributed by atoms with van der Waals surface area (Å²) < 4.78 is 25.2. The highest BCUT2D eigenvalue weighted by atomic mass is 19.1. The van der Waals surface area contributed by atoms with Crippen molar-refractivity contribution in [2.24, 2.45) is 0 Å². The maximum Gasteiger partial charge on any atom is 0.139 e. The molecule has 0 spiro atoms. The molecule has 0 aliphatic carbocycles. The van der Waals surface area contributed by atoms with Gasteiger partial charge in [-0.1, -0.05) is 19.1 Å². The maximum atomic E-state index is 13.6. The summed E-state index contributed by atoms with van der Waals surface area (Å²) in [5.41, 5.74) is 0.924. The van der Waals surface area contributed by atoms with Crippen LogP contribution in [0.15, 0.2) is 48.5 Å². The van der Waals surface area contributed by atoms with Gasteiger partial charge in [-0.05, 0) is 68.7 Å². The molecule has 1 aliphatic heterocycles. The number of ether oxygens (including phenoxy) is 2. The molecule has 1 fully saturated rings.